The van der Waals surface area contributed by atoms with Gasteiger partial charge in [-0.15, -0.1) is 0 Å². The van der Waals surface area contributed by atoms with Gasteiger partial charge >= 0.3 is 0 Å². The minimum Gasteiger partial charge on any atom is -0.322 e. The maximum atomic E-state index is 12.1. The van der Waals surface area contributed by atoms with Gasteiger partial charge in [0.05, 0.1) is 11.5 Å². The van der Waals surface area contributed by atoms with Crippen LogP contribution in [-0.4, -0.2) is 11.7 Å². The summed E-state index contributed by atoms with van der Waals surface area (Å²) in [6.07, 6.45) is 8.02. The van der Waals surface area contributed by atoms with Crippen LogP contribution in [0.3, 0.4) is 0 Å². The van der Waals surface area contributed by atoms with Crippen molar-refractivity contribution in [1.82, 2.24) is 4.98 Å². The summed E-state index contributed by atoms with van der Waals surface area (Å²) >= 11 is 0. The molecule has 0 saturated carbocycles. The Balaban J connectivity index is 2.27. The number of aryl methyl sites for hydroxylation is 1. The van der Waals surface area contributed by atoms with E-state index in [0.29, 0.717) is 12.8 Å². The molecule has 1 aromatic heterocycles. The largest absolute Gasteiger partial charge is 0.322 e. The quantitative estimate of drug-likeness (QED) is 0.576. The van der Waals surface area contributed by atoms with Gasteiger partial charge in [-0.3, -0.25) is 9.79 Å². The average molecular weight is 347 g/mol. The van der Waals surface area contributed by atoms with Crippen molar-refractivity contribution >= 4 is 17.6 Å². The Morgan fingerprint density at radius 2 is 2.19 bits per heavy atom. The Morgan fingerprint density at radius 3 is 2.85 bits per heavy atom. The smallest absolute Gasteiger partial charge is 0.251 e. The number of nitrogens with zero attached hydrogens (tertiary/aromatic N) is 2. The Labute approximate surface area is 154 Å². The van der Waals surface area contributed by atoms with Crippen LogP contribution in [0.1, 0.15) is 44.7 Å². The maximum Gasteiger partial charge on any atom is 0.251 e. The lowest BCUT2D eigenvalue weighted by Crippen LogP contribution is -2.19. The van der Waals surface area contributed by atoms with Crippen molar-refractivity contribution < 1.29 is 0 Å². The van der Waals surface area contributed by atoms with Crippen LogP contribution in [0.2, 0.25) is 0 Å². The minimum absolute atomic E-state index is 0.0586. The molecule has 0 aliphatic rings. The number of nitrogens with one attached hydrogen (secondary N) is 1. The van der Waals surface area contributed by atoms with E-state index >= 15 is 0 Å². The predicted octanol–water partition coefficient (Wildman–Crippen LogP) is 4.81. The van der Waals surface area contributed by atoms with Gasteiger partial charge in [0.25, 0.3) is 5.56 Å². The van der Waals surface area contributed by atoms with Crippen LogP contribution in [0.4, 0.5) is 0 Å². The summed E-state index contributed by atoms with van der Waals surface area (Å²) in [5.41, 5.74) is 2.65. The van der Waals surface area contributed by atoms with Gasteiger partial charge in [0.2, 0.25) is 0 Å². The number of hydrogen-bond acceptors (Lipinski definition) is 3. The molecular formula is C22H25N3O. The van der Waals surface area contributed by atoms with Crippen molar-refractivity contribution in [3.05, 3.63) is 69.7 Å². The highest BCUT2D eigenvalue weighted by atomic mass is 16.1. The van der Waals surface area contributed by atoms with E-state index in [0.717, 1.165) is 34.1 Å². The van der Waals surface area contributed by atoms with Crippen molar-refractivity contribution in [1.29, 1.82) is 5.26 Å². The number of H-pyrrole nitrogens is 1. The topological polar surface area (TPSA) is 69.0 Å². The molecule has 0 radical (unpaired) electrons. The molecule has 0 fully saturated rings. The fourth-order valence-corrected chi connectivity index (χ4v) is 2.85. The van der Waals surface area contributed by atoms with Crippen LogP contribution in [0, 0.1) is 11.3 Å². The third kappa shape index (κ3) is 4.37. The van der Waals surface area contributed by atoms with E-state index in [-0.39, 0.29) is 5.56 Å². The molecule has 1 atom stereocenters. The molecule has 4 heteroatoms. The monoisotopic (exact) mass is 347 g/mol. The summed E-state index contributed by atoms with van der Waals surface area (Å²) in [6.45, 7) is 9.26. The van der Waals surface area contributed by atoms with Gasteiger partial charge in [0, 0.05) is 16.8 Å². The minimum atomic E-state index is -0.617. The van der Waals surface area contributed by atoms with E-state index in [4.69, 9.17) is 0 Å². The Hall–Kier alpha value is -2.93. The zero-order chi connectivity index (χ0) is 19.2. The van der Waals surface area contributed by atoms with E-state index in [2.05, 4.69) is 22.8 Å². The average Bonchev–Trinajstić information content (AvgIpc) is 2.66. The summed E-state index contributed by atoms with van der Waals surface area (Å²) in [5, 5.41) is 10.7. The normalized spacial score (nSPS) is 14.3. The molecule has 134 valence electrons. The van der Waals surface area contributed by atoms with Crippen LogP contribution >= 0.6 is 0 Å². The molecule has 0 aliphatic heterocycles. The first kappa shape index (κ1) is 19.4. The van der Waals surface area contributed by atoms with Crippen molar-refractivity contribution in [3.8, 4) is 6.07 Å². The number of aromatic nitrogens is 1. The number of pyridine rings is 1. The van der Waals surface area contributed by atoms with Crippen LogP contribution in [0.25, 0.3) is 10.9 Å². The van der Waals surface area contributed by atoms with Crippen LogP contribution in [0.15, 0.2) is 58.0 Å². The standard InChI is InChI=1S/C22H25N3O/c1-5-17-13-18-10-11-19(14-20(18)25-21(17)26)22(3,15-23)12-8-6-7-9-16(2)24-4/h6-7,9-11,13-14H,4-5,8,12H2,1-3H3,(H,25,26)/b7-6-,16-9-. The summed E-state index contributed by atoms with van der Waals surface area (Å²) in [7, 11) is 0. The van der Waals surface area contributed by atoms with Gasteiger partial charge in [-0.05, 0) is 69.0 Å². The highest BCUT2D eigenvalue weighted by Crippen LogP contribution is 2.30. The van der Waals surface area contributed by atoms with Crippen LogP contribution in [-0.2, 0) is 11.8 Å². The molecule has 1 N–H and O–H groups in total. The molecule has 1 unspecified atom stereocenters. The number of aliphatic imine (C=N–C) groups is 1. The molecular weight excluding hydrogens is 322 g/mol. The zero-order valence-corrected chi connectivity index (χ0v) is 15.7. The van der Waals surface area contributed by atoms with Crippen LogP contribution in [0.5, 0.6) is 0 Å². The molecule has 4 nitrogen and oxygen atoms in total. The summed E-state index contributed by atoms with van der Waals surface area (Å²) < 4.78 is 0. The van der Waals surface area contributed by atoms with Crippen molar-refractivity contribution in [3.63, 3.8) is 0 Å². The number of benzene rings is 1. The lowest BCUT2D eigenvalue weighted by Gasteiger charge is -2.22. The summed E-state index contributed by atoms with van der Waals surface area (Å²) in [4.78, 5) is 18.8. The lowest BCUT2D eigenvalue weighted by molar-refractivity contribution is 0.560. The number of fused-ring (bicyclic) bond motifs is 1. The van der Waals surface area contributed by atoms with E-state index in [1.165, 1.54) is 0 Å². The van der Waals surface area contributed by atoms with Gasteiger partial charge in [0.1, 0.15) is 0 Å². The van der Waals surface area contributed by atoms with Gasteiger partial charge in [-0.1, -0.05) is 31.2 Å². The highest BCUT2D eigenvalue weighted by Gasteiger charge is 2.25. The summed E-state index contributed by atoms with van der Waals surface area (Å²) in [6, 6.07) is 10.3. The summed E-state index contributed by atoms with van der Waals surface area (Å²) in [5.74, 6) is 0. The third-order valence-corrected chi connectivity index (χ3v) is 4.72. The zero-order valence-electron chi connectivity index (χ0n) is 15.7. The molecule has 0 saturated heterocycles. The fraction of sp³-hybridized carbons (Fsp3) is 0.318. The van der Waals surface area contributed by atoms with E-state index in [1.807, 2.05) is 63.3 Å². The van der Waals surface area contributed by atoms with Gasteiger partial charge < -0.3 is 4.98 Å². The molecule has 2 aromatic rings. The van der Waals surface area contributed by atoms with Crippen LogP contribution < -0.4 is 5.56 Å². The van der Waals surface area contributed by atoms with Gasteiger partial charge in [-0.2, -0.15) is 5.26 Å². The van der Waals surface area contributed by atoms with Crippen molar-refractivity contribution in [2.45, 2.75) is 45.4 Å². The number of hydrogen-bond donors (Lipinski definition) is 1. The fourth-order valence-electron chi connectivity index (χ4n) is 2.85. The molecule has 0 spiro atoms. The third-order valence-electron chi connectivity index (χ3n) is 4.72. The Kier molecular flexibility index (Phi) is 6.30. The van der Waals surface area contributed by atoms with E-state index in [1.54, 1.807) is 0 Å². The number of aromatic amines is 1. The number of allylic oxidation sites excluding steroid dienone is 4. The SMILES string of the molecule is C=N/C(C)=C\C=C/CCC(C)(C#N)c1ccc2cc(CC)c(=O)[nH]c2c1. The Bertz CT molecular complexity index is 959. The maximum absolute atomic E-state index is 12.1. The second kappa shape index (κ2) is 8.44. The second-order valence-corrected chi connectivity index (χ2v) is 6.66. The number of rotatable bonds is 7. The van der Waals surface area contributed by atoms with Crippen molar-refractivity contribution in [2.75, 3.05) is 0 Å². The molecule has 1 heterocycles. The molecule has 0 bridgehead atoms. The molecule has 1 aromatic carbocycles. The first-order chi connectivity index (χ1) is 12.4. The first-order valence-corrected chi connectivity index (χ1v) is 8.81. The predicted molar refractivity (Wildman–Crippen MR) is 109 cm³/mol. The second-order valence-electron chi connectivity index (χ2n) is 6.66. The molecule has 0 amide bonds. The van der Waals surface area contributed by atoms with Gasteiger partial charge in [-0.25, -0.2) is 0 Å². The molecule has 0 aliphatic carbocycles. The first-order valence-electron chi connectivity index (χ1n) is 8.81. The molecule has 26 heavy (non-hydrogen) atoms. The van der Waals surface area contributed by atoms with Crippen molar-refractivity contribution in [2.24, 2.45) is 4.99 Å². The van der Waals surface area contributed by atoms with E-state index < -0.39 is 5.41 Å². The lowest BCUT2D eigenvalue weighted by atomic mass is 9.79. The molecule has 2 rings (SSSR count). The highest BCUT2D eigenvalue weighted by molar-refractivity contribution is 5.80. The van der Waals surface area contributed by atoms with Gasteiger partial charge in [0.15, 0.2) is 0 Å². The number of nitriles is 1. The Morgan fingerprint density at radius 1 is 1.42 bits per heavy atom. The van der Waals surface area contributed by atoms with E-state index in [9.17, 15) is 10.1 Å².